The normalized spacial score (nSPS) is 19.8. The van der Waals surface area contributed by atoms with Crippen LogP contribution in [-0.4, -0.2) is 47.5 Å². The average Bonchev–Trinajstić information content (AvgIpc) is 2.54. The van der Waals surface area contributed by atoms with Crippen molar-refractivity contribution >= 4 is 12.3 Å². The molecule has 5 heteroatoms. The Kier molecular flexibility index (Phi) is 5.00. The van der Waals surface area contributed by atoms with Gasteiger partial charge in [-0.05, 0) is 46.2 Å². The summed E-state index contributed by atoms with van der Waals surface area (Å²) < 4.78 is 11.8. The molecule has 0 saturated carbocycles. The summed E-state index contributed by atoms with van der Waals surface area (Å²) >= 11 is 0. The number of nitrogens with zero attached hydrogens (tertiary/aromatic N) is 2. The molecule has 0 radical (unpaired) electrons. The maximum absolute atomic E-state index is 12.2. The van der Waals surface area contributed by atoms with E-state index in [0.29, 0.717) is 13.1 Å². The Morgan fingerprint density at radius 1 is 1.23 bits per heavy atom. The molecule has 0 bridgehead atoms. The van der Waals surface area contributed by atoms with Crippen LogP contribution in [0, 0.1) is 0 Å². The van der Waals surface area contributed by atoms with Crippen LogP contribution in [0.15, 0.2) is 23.2 Å². The molecule has 1 fully saturated rings. The van der Waals surface area contributed by atoms with Gasteiger partial charge < -0.3 is 14.4 Å². The third-order valence-electron chi connectivity index (χ3n) is 4.72. The standard InChI is InChI=1S/C21H30N2O3/c1-20(2,3)26-19(24)23-11-9-16(10-12-23)25-18-8-6-7-15-14-22-21(4,5)13-17(15)18/h6-8,14,16H,9-13H2,1-5H3. The van der Waals surface area contributed by atoms with E-state index in [1.54, 1.807) is 4.90 Å². The summed E-state index contributed by atoms with van der Waals surface area (Å²) in [5.41, 5.74) is 1.84. The van der Waals surface area contributed by atoms with Crippen LogP contribution in [-0.2, 0) is 11.2 Å². The van der Waals surface area contributed by atoms with Crippen LogP contribution in [0.1, 0.15) is 58.6 Å². The van der Waals surface area contributed by atoms with Gasteiger partial charge in [0.05, 0.1) is 5.54 Å². The lowest BCUT2D eigenvalue weighted by Crippen LogP contribution is -2.44. The van der Waals surface area contributed by atoms with Gasteiger partial charge in [0.1, 0.15) is 17.5 Å². The molecule has 2 aliphatic rings. The lowest BCUT2D eigenvalue weighted by Gasteiger charge is -2.34. The largest absolute Gasteiger partial charge is 0.490 e. The zero-order chi connectivity index (χ0) is 18.9. The Hall–Kier alpha value is -2.04. The first-order valence-electron chi connectivity index (χ1n) is 9.45. The number of piperidine rings is 1. The second-order valence-corrected chi connectivity index (χ2v) is 8.86. The molecule has 0 aliphatic carbocycles. The first-order chi connectivity index (χ1) is 12.1. The van der Waals surface area contributed by atoms with Gasteiger partial charge in [0, 0.05) is 44.1 Å². The summed E-state index contributed by atoms with van der Waals surface area (Å²) in [7, 11) is 0. The highest BCUT2D eigenvalue weighted by molar-refractivity contribution is 5.84. The molecule has 1 saturated heterocycles. The zero-order valence-corrected chi connectivity index (χ0v) is 16.5. The highest BCUT2D eigenvalue weighted by Crippen LogP contribution is 2.32. The van der Waals surface area contributed by atoms with E-state index in [-0.39, 0.29) is 17.7 Å². The minimum absolute atomic E-state index is 0.0907. The van der Waals surface area contributed by atoms with Crippen molar-refractivity contribution in [2.24, 2.45) is 4.99 Å². The molecule has 2 heterocycles. The fraction of sp³-hybridized carbons (Fsp3) is 0.619. The molecule has 0 atom stereocenters. The lowest BCUT2D eigenvalue weighted by atomic mass is 9.89. The molecule has 1 amide bonds. The molecule has 1 aromatic carbocycles. The predicted octanol–water partition coefficient (Wildman–Crippen LogP) is 4.22. The molecule has 0 aromatic heterocycles. The second-order valence-electron chi connectivity index (χ2n) is 8.86. The van der Waals surface area contributed by atoms with Gasteiger partial charge >= 0.3 is 6.09 Å². The molecule has 2 aliphatic heterocycles. The van der Waals surface area contributed by atoms with Gasteiger partial charge in [-0.25, -0.2) is 4.79 Å². The maximum Gasteiger partial charge on any atom is 0.410 e. The Morgan fingerprint density at radius 3 is 2.58 bits per heavy atom. The molecular weight excluding hydrogens is 328 g/mol. The first-order valence-corrected chi connectivity index (χ1v) is 9.45. The molecule has 0 spiro atoms. The van der Waals surface area contributed by atoms with E-state index in [2.05, 4.69) is 24.9 Å². The van der Waals surface area contributed by atoms with Gasteiger partial charge in [-0.2, -0.15) is 0 Å². The fourth-order valence-corrected chi connectivity index (χ4v) is 3.39. The quantitative estimate of drug-likeness (QED) is 0.795. The van der Waals surface area contributed by atoms with E-state index in [0.717, 1.165) is 30.6 Å². The summed E-state index contributed by atoms with van der Waals surface area (Å²) in [6.07, 6.45) is 4.37. The van der Waals surface area contributed by atoms with E-state index >= 15 is 0 Å². The number of hydrogen-bond donors (Lipinski definition) is 0. The summed E-state index contributed by atoms with van der Waals surface area (Å²) in [4.78, 5) is 18.6. The van der Waals surface area contributed by atoms with E-state index < -0.39 is 5.60 Å². The summed E-state index contributed by atoms with van der Waals surface area (Å²) in [5.74, 6) is 0.956. The topological polar surface area (TPSA) is 51.1 Å². The van der Waals surface area contributed by atoms with E-state index in [9.17, 15) is 4.79 Å². The minimum Gasteiger partial charge on any atom is -0.490 e. The van der Waals surface area contributed by atoms with Crippen molar-refractivity contribution in [1.29, 1.82) is 0 Å². The van der Waals surface area contributed by atoms with Crippen LogP contribution >= 0.6 is 0 Å². The third-order valence-corrected chi connectivity index (χ3v) is 4.72. The number of fused-ring (bicyclic) bond motifs is 1. The van der Waals surface area contributed by atoms with Crippen LogP contribution in [0.3, 0.4) is 0 Å². The average molecular weight is 358 g/mol. The lowest BCUT2D eigenvalue weighted by molar-refractivity contribution is 0.0125. The maximum atomic E-state index is 12.2. The highest BCUT2D eigenvalue weighted by atomic mass is 16.6. The molecule has 0 unspecified atom stereocenters. The van der Waals surface area contributed by atoms with Crippen molar-refractivity contribution in [3.05, 3.63) is 29.3 Å². The van der Waals surface area contributed by atoms with E-state index in [4.69, 9.17) is 9.47 Å². The van der Waals surface area contributed by atoms with Crippen LogP contribution in [0.4, 0.5) is 4.79 Å². The molecule has 0 N–H and O–H groups in total. The smallest absolute Gasteiger partial charge is 0.410 e. The SMILES string of the molecule is CC1(C)Cc2c(cccc2OC2CCN(C(=O)OC(C)(C)C)CC2)C=N1. The van der Waals surface area contributed by atoms with Crippen LogP contribution < -0.4 is 4.74 Å². The van der Waals surface area contributed by atoms with E-state index in [1.165, 1.54) is 5.56 Å². The summed E-state index contributed by atoms with van der Waals surface area (Å²) in [6, 6.07) is 6.16. The van der Waals surface area contributed by atoms with Crippen molar-refractivity contribution in [1.82, 2.24) is 4.90 Å². The number of hydrogen-bond acceptors (Lipinski definition) is 4. The van der Waals surface area contributed by atoms with Gasteiger partial charge in [-0.3, -0.25) is 4.99 Å². The number of likely N-dealkylation sites (tertiary alicyclic amines) is 1. The second kappa shape index (κ2) is 6.93. The number of benzene rings is 1. The predicted molar refractivity (Wildman–Crippen MR) is 103 cm³/mol. The van der Waals surface area contributed by atoms with Gasteiger partial charge in [0.15, 0.2) is 0 Å². The van der Waals surface area contributed by atoms with Gasteiger partial charge in [0.2, 0.25) is 0 Å². The Morgan fingerprint density at radius 2 is 1.92 bits per heavy atom. The van der Waals surface area contributed by atoms with Crippen LogP contribution in [0.25, 0.3) is 0 Å². The number of amides is 1. The zero-order valence-electron chi connectivity index (χ0n) is 16.5. The third kappa shape index (κ3) is 4.57. The summed E-state index contributed by atoms with van der Waals surface area (Å²) in [6.45, 7) is 11.3. The fourth-order valence-electron chi connectivity index (χ4n) is 3.39. The van der Waals surface area contributed by atoms with Crippen LogP contribution in [0.5, 0.6) is 5.75 Å². The first kappa shape index (κ1) is 18.7. The molecule has 142 valence electrons. The Balaban J connectivity index is 1.61. The molecule has 5 nitrogen and oxygen atoms in total. The van der Waals surface area contributed by atoms with Crippen molar-refractivity contribution in [2.45, 2.75) is 71.1 Å². The van der Waals surface area contributed by atoms with Gasteiger partial charge in [-0.15, -0.1) is 0 Å². The summed E-state index contributed by atoms with van der Waals surface area (Å²) in [5, 5.41) is 0. The van der Waals surface area contributed by atoms with Crippen molar-refractivity contribution in [2.75, 3.05) is 13.1 Å². The molecular formula is C21H30N2O3. The molecule has 26 heavy (non-hydrogen) atoms. The number of ether oxygens (including phenoxy) is 2. The van der Waals surface area contributed by atoms with Crippen molar-refractivity contribution in [3.8, 4) is 5.75 Å². The molecule has 3 rings (SSSR count). The van der Waals surface area contributed by atoms with Crippen molar-refractivity contribution in [3.63, 3.8) is 0 Å². The monoisotopic (exact) mass is 358 g/mol. The number of rotatable bonds is 2. The Bertz CT molecular complexity index is 696. The minimum atomic E-state index is -0.456. The van der Waals surface area contributed by atoms with Gasteiger partial charge in [0.25, 0.3) is 0 Å². The van der Waals surface area contributed by atoms with Crippen molar-refractivity contribution < 1.29 is 14.3 Å². The molecule has 1 aromatic rings. The number of aliphatic imine (C=N–C) groups is 1. The number of carbonyl (C=O) groups is 1. The van der Waals surface area contributed by atoms with Gasteiger partial charge in [-0.1, -0.05) is 12.1 Å². The number of carbonyl (C=O) groups excluding carboxylic acids is 1. The Labute approximate surface area is 156 Å². The van der Waals surface area contributed by atoms with E-state index in [1.807, 2.05) is 39.1 Å². The highest BCUT2D eigenvalue weighted by Gasteiger charge is 2.29. The van der Waals surface area contributed by atoms with Crippen LogP contribution in [0.2, 0.25) is 0 Å².